The van der Waals surface area contributed by atoms with Crippen LogP contribution in [0.3, 0.4) is 0 Å². The van der Waals surface area contributed by atoms with Crippen molar-refractivity contribution in [2.45, 2.75) is 19.3 Å². The average Bonchev–Trinajstić information content (AvgIpc) is 3.10. The molecule has 1 aromatic heterocycles. The van der Waals surface area contributed by atoms with E-state index in [2.05, 4.69) is 27.7 Å². The van der Waals surface area contributed by atoms with Crippen molar-refractivity contribution in [3.8, 4) is 0 Å². The van der Waals surface area contributed by atoms with Gasteiger partial charge in [0.2, 0.25) is 0 Å². The van der Waals surface area contributed by atoms with Gasteiger partial charge in [0.05, 0.1) is 5.01 Å². The molecule has 0 saturated heterocycles. The molecule has 0 fully saturated rings. The maximum atomic E-state index is 13.1. The number of benzene rings is 2. The number of hydrogen-bond donors (Lipinski definition) is 1. The van der Waals surface area contributed by atoms with Gasteiger partial charge < -0.3 is 0 Å². The topological polar surface area (TPSA) is 59.1 Å². The highest BCUT2D eigenvalue weighted by atomic mass is 32.2. The number of amides is 1. The molecule has 28 heavy (non-hydrogen) atoms. The molecule has 1 N–H and O–H groups in total. The van der Waals surface area contributed by atoms with E-state index in [1.165, 1.54) is 35.3 Å². The zero-order valence-corrected chi connectivity index (χ0v) is 17.1. The number of thiazole rings is 1. The van der Waals surface area contributed by atoms with E-state index in [4.69, 9.17) is 0 Å². The Labute approximate surface area is 168 Å². The van der Waals surface area contributed by atoms with Gasteiger partial charge >= 0.3 is 0 Å². The summed E-state index contributed by atoms with van der Waals surface area (Å²) in [6.45, 7) is 0. The molecular formula is C21H21FN2O2S2. The normalized spacial score (nSPS) is 13.1. The van der Waals surface area contributed by atoms with Gasteiger partial charge in [0.15, 0.2) is 0 Å². The maximum absolute atomic E-state index is 13.1. The van der Waals surface area contributed by atoms with Crippen molar-refractivity contribution in [3.05, 3.63) is 87.1 Å². The molecule has 0 aliphatic carbocycles. The predicted molar refractivity (Wildman–Crippen MR) is 114 cm³/mol. The molecule has 1 heterocycles. The van der Waals surface area contributed by atoms with Crippen LogP contribution in [0.1, 0.15) is 32.2 Å². The first-order valence-electron chi connectivity index (χ1n) is 8.70. The van der Waals surface area contributed by atoms with E-state index >= 15 is 0 Å². The van der Waals surface area contributed by atoms with Crippen LogP contribution in [0.5, 0.6) is 0 Å². The minimum absolute atomic E-state index is 0.231. The summed E-state index contributed by atoms with van der Waals surface area (Å²) < 4.78 is 27.0. The van der Waals surface area contributed by atoms with E-state index in [1.807, 2.05) is 12.1 Å². The third-order valence-electron chi connectivity index (χ3n) is 4.15. The third kappa shape index (κ3) is 5.74. The zero-order valence-electron chi connectivity index (χ0n) is 15.5. The Balaban J connectivity index is 1.70. The van der Waals surface area contributed by atoms with Crippen LogP contribution in [0, 0.1) is 5.82 Å². The number of aromatic nitrogens is 1. The molecule has 0 saturated carbocycles. The maximum Gasteiger partial charge on any atom is 0.281 e. The molecule has 0 spiro atoms. The summed E-state index contributed by atoms with van der Waals surface area (Å²) in [5, 5.41) is 2.47. The van der Waals surface area contributed by atoms with Gasteiger partial charge in [-0.25, -0.2) is 13.6 Å². The lowest BCUT2D eigenvalue weighted by molar-refractivity contribution is 0.0978. The van der Waals surface area contributed by atoms with Gasteiger partial charge in [-0.05, 0) is 47.5 Å². The van der Waals surface area contributed by atoms with Gasteiger partial charge in [0.25, 0.3) is 5.91 Å². The third-order valence-corrected chi connectivity index (χ3v) is 5.62. The lowest BCUT2D eigenvalue weighted by atomic mass is 9.98. The first-order chi connectivity index (χ1) is 13.3. The molecular weight excluding hydrogens is 395 g/mol. The molecule has 0 bridgehead atoms. The monoisotopic (exact) mass is 416 g/mol. The largest absolute Gasteiger partial charge is 0.281 e. The summed E-state index contributed by atoms with van der Waals surface area (Å²) >= 11 is 1.40. The number of nitrogens with one attached hydrogen (secondary N) is 1. The molecule has 0 radical (unpaired) electrons. The number of aryl methyl sites for hydroxylation is 2. The van der Waals surface area contributed by atoms with Gasteiger partial charge in [-0.1, -0.05) is 36.4 Å². The van der Waals surface area contributed by atoms with E-state index in [0.717, 1.165) is 29.0 Å². The predicted octanol–water partition coefficient (Wildman–Crippen LogP) is 3.65. The van der Waals surface area contributed by atoms with Gasteiger partial charge in [-0.15, -0.1) is 11.3 Å². The van der Waals surface area contributed by atoms with Crippen LogP contribution in [0.15, 0.2) is 53.9 Å². The van der Waals surface area contributed by atoms with Crippen LogP contribution in [0.25, 0.3) is 0 Å². The summed E-state index contributed by atoms with van der Waals surface area (Å²) in [5.74, 6) is 2.71. The van der Waals surface area contributed by atoms with Crippen molar-refractivity contribution in [1.29, 1.82) is 0 Å². The quantitative estimate of drug-likeness (QED) is 0.598. The average molecular weight is 417 g/mol. The second kappa shape index (κ2) is 8.67. The van der Waals surface area contributed by atoms with Crippen molar-refractivity contribution < 1.29 is 13.4 Å². The molecule has 1 unspecified atom stereocenters. The van der Waals surface area contributed by atoms with Gasteiger partial charge in [-0.3, -0.25) is 9.52 Å². The molecule has 3 aromatic rings. The number of nitrogens with zero attached hydrogens (tertiary/aromatic N) is 1. The Morgan fingerprint density at radius 1 is 1.14 bits per heavy atom. The van der Waals surface area contributed by atoms with E-state index in [1.54, 1.807) is 17.5 Å². The lowest BCUT2D eigenvalue weighted by Gasteiger charge is -2.08. The Morgan fingerprint density at radius 3 is 2.50 bits per heavy atom. The highest BCUT2D eigenvalue weighted by Crippen LogP contribution is 2.19. The Kier molecular flexibility index (Phi) is 6.26. The molecule has 1 amide bonds. The van der Waals surface area contributed by atoms with E-state index < -0.39 is 15.6 Å². The fourth-order valence-corrected chi connectivity index (χ4v) is 4.11. The van der Waals surface area contributed by atoms with Crippen LogP contribution in [-0.4, -0.2) is 27.2 Å². The summed E-state index contributed by atoms with van der Waals surface area (Å²) in [7, 11) is -2.62. The van der Waals surface area contributed by atoms with Crippen molar-refractivity contribution in [2.24, 2.45) is 0 Å². The fraction of sp³-hybridized carbons (Fsp3) is 0.190. The summed E-state index contributed by atoms with van der Waals surface area (Å²) in [4.78, 5) is 16.4. The van der Waals surface area contributed by atoms with Crippen LogP contribution in [0.2, 0.25) is 0 Å². The lowest BCUT2D eigenvalue weighted by Crippen LogP contribution is -2.29. The number of carbonyl (C=O) groups excluding carboxylic acids is 1. The number of rotatable bonds is 7. The molecule has 7 heteroatoms. The minimum Gasteiger partial charge on any atom is -0.278 e. The highest BCUT2D eigenvalue weighted by molar-refractivity contribution is 7.98. The van der Waals surface area contributed by atoms with Crippen LogP contribution >= 0.6 is 11.3 Å². The van der Waals surface area contributed by atoms with Crippen molar-refractivity contribution >= 4 is 32.8 Å². The Bertz CT molecular complexity index is 1070. The first-order valence-corrected chi connectivity index (χ1v) is 11.7. The molecule has 0 aliphatic heterocycles. The Morgan fingerprint density at radius 2 is 1.82 bits per heavy atom. The van der Waals surface area contributed by atoms with E-state index in [-0.39, 0.29) is 11.5 Å². The van der Waals surface area contributed by atoms with Crippen molar-refractivity contribution in [3.63, 3.8) is 0 Å². The minimum atomic E-state index is -2.62. The molecule has 1 atom stereocenters. The smallest absolute Gasteiger partial charge is 0.278 e. The molecule has 4 nitrogen and oxygen atoms in total. The number of carbonyl (C=O) groups is 1. The fourth-order valence-electron chi connectivity index (χ4n) is 2.81. The van der Waals surface area contributed by atoms with Gasteiger partial charge in [-0.2, -0.15) is 0 Å². The highest BCUT2D eigenvalue weighted by Gasteiger charge is 2.13. The Hall–Kier alpha value is -2.51. The first kappa shape index (κ1) is 20.2. The second-order valence-electron chi connectivity index (χ2n) is 6.63. The zero-order chi connectivity index (χ0) is 20.1. The van der Waals surface area contributed by atoms with Crippen molar-refractivity contribution in [1.82, 2.24) is 9.71 Å². The molecule has 2 aromatic carbocycles. The summed E-state index contributed by atoms with van der Waals surface area (Å²) in [5.41, 5.74) is 3.67. The van der Waals surface area contributed by atoms with Gasteiger partial charge in [0.1, 0.15) is 11.5 Å². The van der Waals surface area contributed by atoms with Crippen LogP contribution in [-0.2, 0) is 29.0 Å². The van der Waals surface area contributed by atoms with Crippen LogP contribution < -0.4 is 4.72 Å². The number of hydrogen-bond acceptors (Lipinski definition) is 4. The summed E-state index contributed by atoms with van der Waals surface area (Å²) in [6, 6.07) is 14.7. The van der Waals surface area contributed by atoms with Crippen LogP contribution in [0.4, 0.5) is 4.39 Å². The van der Waals surface area contributed by atoms with E-state index in [0.29, 0.717) is 6.42 Å². The summed E-state index contributed by atoms with van der Waals surface area (Å²) in [6.07, 6.45) is 3.63. The van der Waals surface area contributed by atoms with E-state index in [9.17, 15) is 13.4 Å². The SMILES string of the molecule is C=S(C)(=O)NC(=O)c1csc(Cc2ccccc2CCc2ccc(F)cc2)n1. The second-order valence-corrected chi connectivity index (χ2v) is 9.79. The number of halogens is 1. The molecule has 146 valence electrons. The van der Waals surface area contributed by atoms with Crippen molar-refractivity contribution in [2.75, 3.05) is 6.26 Å². The standard InChI is InChI=1S/C21H21FN2O2S2/c1-28(2,26)24-21(25)19-14-27-20(23-19)13-17-6-4-3-5-16(17)10-7-15-8-11-18(22)12-9-15/h3-6,8-9,11-12,14H,1,7,10,13H2,2H3,(H,24,25,26). The van der Waals surface area contributed by atoms with Gasteiger partial charge in [0, 0.05) is 27.8 Å². The molecule has 0 aliphatic rings. The molecule has 3 rings (SSSR count).